The van der Waals surface area contributed by atoms with Crippen LogP contribution in [-0.4, -0.2) is 16.7 Å². The van der Waals surface area contributed by atoms with E-state index < -0.39 is 11.6 Å². The second kappa shape index (κ2) is 6.77. The smallest absolute Gasteiger partial charge is 0.342 e. The fourth-order valence-electron chi connectivity index (χ4n) is 1.36. The molecular formula is C15H18O3. The Morgan fingerprint density at radius 3 is 2.72 bits per heavy atom. The van der Waals surface area contributed by atoms with Gasteiger partial charge in [-0.05, 0) is 38.0 Å². The zero-order valence-corrected chi connectivity index (χ0v) is 10.5. The average Bonchev–Trinajstić information content (AvgIpc) is 2.37. The third kappa shape index (κ3) is 4.97. The molecule has 1 unspecified atom stereocenters. The molecule has 1 rings (SSSR count). The maximum Gasteiger partial charge on any atom is 0.342 e. The first-order valence-electron chi connectivity index (χ1n) is 5.82. The van der Waals surface area contributed by atoms with Gasteiger partial charge in [-0.15, -0.1) is 6.58 Å². The fraction of sp³-hybridized carbons (Fsp3) is 0.267. The van der Waals surface area contributed by atoms with Gasteiger partial charge in [-0.3, -0.25) is 0 Å². The minimum Gasteiger partial charge on any atom is -0.431 e. The van der Waals surface area contributed by atoms with Crippen LogP contribution in [-0.2, 0) is 4.74 Å². The van der Waals surface area contributed by atoms with Gasteiger partial charge in [0.1, 0.15) is 0 Å². The lowest BCUT2D eigenvalue weighted by atomic mass is 10.0. The number of esters is 1. The molecular weight excluding hydrogens is 228 g/mol. The van der Waals surface area contributed by atoms with Gasteiger partial charge >= 0.3 is 5.97 Å². The highest BCUT2D eigenvalue weighted by atomic mass is 16.5. The van der Waals surface area contributed by atoms with E-state index in [4.69, 9.17) is 4.74 Å². The first kappa shape index (κ1) is 14.2. The molecule has 0 aliphatic carbocycles. The van der Waals surface area contributed by atoms with E-state index in [2.05, 4.69) is 6.58 Å². The van der Waals surface area contributed by atoms with Crippen LogP contribution < -0.4 is 0 Å². The number of carbonyl (C=O) groups is 1. The maximum absolute atomic E-state index is 11.6. The topological polar surface area (TPSA) is 46.5 Å². The summed E-state index contributed by atoms with van der Waals surface area (Å²) in [5, 5.41) is 9.90. The molecule has 0 saturated carbocycles. The molecule has 0 fully saturated rings. The van der Waals surface area contributed by atoms with Crippen LogP contribution in [0.3, 0.4) is 0 Å². The molecule has 0 aliphatic rings. The maximum atomic E-state index is 11.6. The molecule has 1 atom stereocenters. The van der Waals surface area contributed by atoms with E-state index in [0.29, 0.717) is 18.4 Å². The molecule has 0 aromatic heterocycles. The number of ether oxygens (including phenoxy) is 1. The molecule has 0 spiro atoms. The first-order valence-corrected chi connectivity index (χ1v) is 5.82. The molecule has 0 radical (unpaired) electrons. The van der Waals surface area contributed by atoms with Crippen LogP contribution in [0.2, 0.25) is 0 Å². The molecule has 18 heavy (non-hydrogen) atoms. The highest BCUT2D eigenvalue weighted by molar-refractivity contribution is 5.89. The highest BCUT2D eigenvalue weighted by Gasteiger charge is 2.15. The number of allylic oxidation sites excluding steroid dienone is 1. The van der Waals surface area contributed by atoms with Crippen molar-refractivity contribution in [2.75, 3.05) is 0 Å². The summed E-state index contributed by atoms with van der Waals surface area (Å²) >= 11 is 0. The van der Waals surface area contributed by atoms with Crippen molar-refractivity contribution in [1.29, 1.82) is 0 Å². The summed E-state index contributed by atoms with van der Waals surface area (Å²) in [6.45, 7) is 5.25. The summed E-state index contributed by atoms with van der Waals surface area (Å²) in [6.07, 6.45) is 5.67. The fourth-order valence-corrected chi connectivity index (χ4v) is 1.36. The first-order chi connectivity index (χ1) is 8.55. The van der Waals surface area contributed by atoms with Crippen LogP contribution in [0.15, 0.2) is 55.3 Å². The molecule has 96 valence electrons. The van der Waals surface area contributed by atoms with Gasteiger partial charge in [0.15, 0.2) is 0 Å². The molecule has 3 nitrogen and oxygen atoms in total. The Morgan fingerprint density at radius 1 is 1.44 bits per heavy atom. The Bertz CT molecular complexity index is 419. The SMILES string of the molecule is C=CCCC(C)(O)/C=C/OC(=O)c1ccccc1. The summed E-state index contributed by atoms with van der Waals surface area (Å²) in [6, 6.07) is 8.70. The van der Waals surface area contributed by atoms with Gasteiger partial charge in [0.25, 0.3) is 0 Å². The van der Waals surface area contributed by atoms with Crippen molar-refractivity contribution in [3.63, 3.8) is 0 Å². The number of rotatable bonds is 6. The molecule has 3 heteroatoms. The number of hydrogen-bond acceptors (Lipinski definition) is 3. The highest BCUT2D eigenvalue weighted by Crippen LogP contribution is 2.14. The predicted octanol–water partition coefficient (Wildman–Crippen LogP) is 3.07. The van der Waals surface area contributed by atoms with Crippen molar-refractivity contribution >= 4 is 5.97 Å². The third-order valence-electron chi connectivity index (χ3n) is 2.47. The zero-order chi connectivity index (χ0) is 13.4. The lowest BCUT2D eigenvalue weighted by molar-refractivity contribution is 0.0643. The van der Waals surface area contributed by atoms with Gasteiger partial charge in [0.05, 0.1) is 17.4 Å². The summed E-state index contributed by atoms with van der Waals surface area (Å²) in [5.41, 5.74) is -0.515. The molecule has 0 saturated heterocycles. The Kier molecular flexibility index (Phi) is 5.33. The zero-order valence-electron chi connectivity index (χ0n) is 10.5. The molecule has 0 heterocycles. The van der Waals surface area contributed by atoms with Gasteiger partial charge in [-0.2, -0.15) is 0 Å². The lowest BCUT2D eigenvalue weighted by Gasteiger charge is -2.17. The Balaban J connectivity index is 2.50. The van der Waals surface area contributed by atoms with E-state index >= 15 is 0 Å². The normalized spacial score (nSPS) is 14.1. The van der Waals surface area contributed by atoms with Crippen LogP contribution in [0.25, 0.3) is 0 Å². The van der Waals surface area contributed by atoms with E-state index in [9.17, 15) is 9.90 Å². The second-order valence-electron chi connectivity index (χ2n) is 4.26. The van der Waals surface area contributed by atoms with Crippen molar-refractivity contribution in [2.24, 2.45) is 0 Å². The lowest BCUT2D eigenvalue weighted by Crippen LogP contribution is -2.20. The predicted molar refractivity (Wildman–Crippen MR) is 71.1 cm³/mol. The minimum absolute atomic E-state index is 0.439. The van der Waals surface area contributed by atoms with Gasteiger partial charge in [0.2, 0.25) is 0 Å². The van der Waals surface area contributed by atoms with Crippen LogP contribution in [0, 0.1) is 0 Å². The van der Waals surface area contributed by atoms with E-state index in [1.165, 1.54) is 12.3 Å². The van der Waals surface area contributed by atoms with Crippen LogP contribution in [0.5, 0.6) is 0 Å². The van der Waals surface area contributed by atoms with E-state index in [0.717, 1.165) is 0 Å². The average molecular weight is 246 g/mol. The van der Waals surface area contributed by atoms with Gasteiger partial charge in [0, 0.05) is 0 Å². The molecule has 1 aromatic rings. The Hall–Kier alpha value is -1.87. The summed E-state index contributed by atoms with van der Waals surface area (Å²) in [4.78, 5) is 11.6. The molecule has 0 aliphatic heterocycles. The molecule has 0 amide bonds. The van der Waals surface area contributed by atoms with Crippen molar-refractivity contribution in [2.45, 2.75) is 25.4 Å². The second-order valence-corrected chi connectivity index (χ2v) is 4.26. The number of carbonyl (C=O) groups excluding carboxylic acids is 1. The number of aliphatic hydroxyl groups is 1. The standard InChI is InChI=1S/C15H18O3/c1-3-4-10-15(2,17)11-12-18-14(16)13-8-6-5-7-9-13/h3,5-9,11-12,17H,1,4,10H2,2H3/b12-11+. The molecule has 0 bridgehead atoms. The minimum atomic E-state index is -0.995. The van der Waals surface area contributed by atoms with Gasteiger partial charge in [-0.25, -0.2) is 4.79 Å². The van der Waals surface area contributed by atoms with Crippen LogP contribution in [0.1, 0.15) is 30.1 Å². The van der Waals surface area contributed by atoms with E-state index in [-0.39, 0.29) is 0 Å². The monoisotopic (exact) mass is 246 g/mol. The summed E-state index contributed by atoms with van der Waals surface area (Å²) in [5.74, 6) is -0.439. The largest absolute Gasteiger partial charge is 0.431 e. The third-order valence-corrected chi connectivity index (χ3v) is 2.47. The van der Waals surface area contributed by atoms with Crippen LogP contribution in [0.4, 0.5) is 0 Å². The van der Waals surface area contributed by atoms with Gasteiger partial charge in [-0.1, -0.05) is 24.3 Å². The summed E-state index contributed by atoms with van der Waals surface area (Å²) in [7, 11) is 0. The quantitative estimate of drug-likeness (QED) is 0.476. The Labute approximate surface area is 107 Å². The number of benzene rings is 1. The number of hydrogen-bond donors (Lipinski definition) is 1. The van der Waals surface area contributed by atoms with Crippen molar-refractivity contribution < 1.29 is 14.6 Å². The molecule has 1 aromatic carbocycles. The van der Waals surface area contributed by atoms with Crippen molar-refractivity contribution in [3.8, 4) is 0 Å². The van der Waals surface area contributed by atoms with E-state index in [1.807, 2.05) is 6.07 Å². The van der Waals surface area contributed by atoms with Crippen LogP contribution >= 0.6 is 0 Å². The summed E-state index contributed by atoms with van der Waals surface area (Å²) < 4.78 is 4.94. The van der Waals surface area contributed by atoms with Gasteiger partial charge < -0.3 is 9.84 Å². The molecule has 1 N–H and O–H groups in total. The van der Waals surface area contributed by atoms with E-state index in [1.54, 1.807) is 37.3 Å². The Morgan fingerprint density at radius 2 is 2.11 bits per heavy atom. The van der Waals surface area contributed by atoms with Crippen molar-refractivity contribution in [1.82, 2.24) is 0 Å². The van der Waals surface area contributed by atoms with Crippen molar-refractivity contribution in [3.05, 3.63) is 60.9 Å².